The molecular formula is C14H20ClFN2. The minimum absolute atomic E-state index is 0.175. The van der Waals surface area contributed by atoms with Gasteiger partial charge in [0.1, 0.15) is 5.82 Å². The van der Waals surface area contributed by atoms with E-state index in [4.69, 9.17) is 11.6 Å². The van der Waals surface area contributed by atoms with E-state index in [1.54, 1.807) is 6.07 Å². The van der Waals surface area contributed by atoms with Crippen LogP contribution in [0.25, 0.3) is 0 Å². The maximum absolute atomic E-state index is 14.1. The normalized spacial score (nSPS) is 18.8. The standard InChI is InChI=1S/C14H20ClFN2/c1-2-3-14(18-8-6-17-7-9-18)12-5-4-11(15)10-13(12)16/h4-5,10,14,17H,2-3,6-9H2,1H3/t14-/m1/s1. The molecule has 1 heterocycles. The highest BCUT2D eigenvalue weighted by Crippen LogP contribution is 2.29. The second kappa shape index (κ2) is 6.50. The number of rotatable bonds is 4. The number of nitrogens with zero attached hydrogens (tertiary/aromatic N) is 1. The van der Waals surface area contributed by atoms with Crippen molar-refractivity contribution in [1.82, 2.24) is 10.2 Å². The van der Waals surface area contributed by atoms with Gasteiger partial charge in [-0.15, -0.1) is 0 Å². The van der Waals surface area contributed by atoms with Gasteiger partial charge >= 0.3 is 0 Å². The largest absolute Gasteiger partial charge is 0.314 e. The molecule has 0 aromatic heterocycles. The lowest BCUT2D eigenvalue weighted by Crippen LogP contribution is -2.45. The Balaban J connectivity index is 2.22. The molecule has 1 aromatic carbocycles. The maximum Gasteiger partial charge on any atom is 0.129 e. The second-order valence-corrected chi connectivity index (χ2v) is 5.19. The summed E-state index contributed by atoms with van der Waals surface area (Å²) in [6.45, 7) is 6.06. The van der Waals surface area contributed by atoms with Crippen LogP contribution in [0, 0.1) is 5.82 Å². The van der Waals surface area contributed by atoms with Crippen LogP contribution in [0.2, 0.25) is 5.02 Å². The molecule has 0 bridgehead atoms. The Kier molecular flexibility index (Phi) is 4.98. The molecule has 4 heteroatoms. The molecule has 0 unspecified atom stereocenters. The van der Waals surface area contributed by atoms with Crippen LogP contribution in [0.4, 0.5) is 4.39 Å². The van der Waals surface area contributed by atoms with E-state index in [9.17, 15) is 4.39 Å². The van der Waals surface area contributed by atoms with Crippen molar-refractivity contribution >= 4 is 11.6 Å². The van der Waals surface area contributed by atoms with Gasteiger partial charge in [-0.25, -0.2) is 4.39 Å². The Morgan fingerprint density at radius 3 is 2.72 bits per heavy atom. The third-order valence-electron chi connectivity index (χ3n) is 3.48. The first-order valence-corrected chi connectivity index (χ1v) is 7.00. The van der Waals surface area contributed by atoms with E-state index in [1.807, 2.05) is 6.07 Å². The van der Waals surface area contributed by atoms with Crippen molar-refractivity contribution in [3.63, 3.8) is 0 Å². The van der Waals surface area contributed by atoms with Gasteiger partial charge in [-0.3, -0.25) is 4.90 Å². The highest BCUT2D eigenvalue weighted by Gasteiger charge is 2.23. The molecule has 2 rings (SSSR count). The van der Waals surface area contributed by atoms with Crippen LogP contribution in [-0.4, -0.2) is 31.1 Å². The molecular weight excluding hydrogens is 251 g/mol. The molecule has 1 atom stereocenters. The van der Waals surface area contributed by atoms with Crippen molar-refractivity contribution in [2.75, 3.05) is 26.2 Å². The Hall–Kier alpha value is -0.640. The summed E-state index contributed by atoms with van der Waals surface area (Å²) in [5.41, 5.74) is 0.781. The summed E-state index contributed by atoms with van der Waals surface area (Å²) in [6, 6.07) is 5.21. The van der Waals surface area contributed by atoms with Gasteiger partial charge < -0.3 is 5.32 Å². The van der Waals surface area contributed by atoms with Crippen LogP contribution in [0.3, 0.4) is 0 Å². The Labute approximate surface area is 113 Å². The SMILES string of the molecule is CCC[C@H](c1ccc(Cl)cc1F)N1CCNCC1. The zero-order valence-corrected chi connectivity index (χ0v) is 11.5. The fraction of sp³-hybridized carbons (Fsp3) is 0.571. The fourth-order valence-electron chi connectivity index (χ4n) is 2.57. The predicted octanol–water partition coefficient (Wildman–Crippen LogP) is 3.23. The first kappa shape index (κ1) is 13.8. The van der Waals surface area contributed by atoms with E-state index >= 15 is 0 Å². The number of hydrogen-bond acceptors (Lipinski definition) is 2. The summed E-state index contributed by atoms with van der Waals surface area (Å²) in [6.07, 6.45) is 2.04. The van der Waals surface area contributed by atoms with Crippen LogP contribution in [0.15, 0.2) is 18.2 Å². The molecule has 0 aliphatic carbocycles. The minimum atomic E-state index is -0.181. The highest BCUT2D eigenvalue weighted by molar-refractivity contribution is 6.30. The maximum atomic E-state index is 14.1. The van der Waals surface area contributed by atoms with Crippen molar-refractivity contribution < 1.29 is 4.39 Å². The summed E-state index contributed by atoms with van der Waals surface area (Å²) < 4.78 is 14.1. The summed E-state index contributed by atoms with van der Waals surface area (Å²) in [7, 11) is 0. The molecule has 1 fully saturated rings. The van der Waals surface area contributed by atoms with Crippen molar-refractivity contribution in [2.45, 2.75) is 25.8 Å². The van der Waals surface area contributed by atoms with Gasteiger partial charge in [-0.2, -0.15) is 0 Å². The van der Waals surface area contributed by atoms with Gasteiger partial charge in [0.2, 0.25) is 0 Å². The van der Waals surface area contributed by atoms with Crippen LogP contribution in [0.5, 0.6) is 0 Å². The Morgan fingerprint density at radius 1 is 1.39 bits per heavy atom. The third kappa shape index (κ3) is 3.22. The van der Waals surface area contributed by atoms with Gasteiger partial charge in [0, 0.05) is 42.8 Å². The van der Waals surface area contributed by atoms with Crippen molar-refractivity contribution in [1.29, 1.82) is 0 Å². The van der Waals surface area contributed by atoms with Crippen LogP contribution >= 0.6 is 11.6 Å². The number of piperazine rings is 1. The fourth-order valence-corrected chi connectivity index (χ4v) is 2.73. The number of benzene rings is 1. The van der Waals surface area contributed by atoms with E-state index < -0.39 is 0 Å². The van der Waals surface area contributed by atoms with E-state index in [-0.39, 0.29) is 11.9 Å². The molecule has 0 radical (unpaired) electrons. The molecule has 1 N–H and O–H groups in total. The topological polar surface area (TPSA) is 15.3 Å². The zero-order valence-electron chi connectivity index (χ0n) is 10.8. The predicted molar refractivity (Wildman–Crippen MR) is 73.5 cm³/mol. The number of halogens is 2. The molecule has 18 heavy (non-hydrogen) atoms. The van der Waals surface area contributed by atoms with E-state index in [2.05, 4.69) is 17.1 Å². The summed E-state index contributed by atoms with van der Waals surface area (Å²) in [5, 5.41) is 3.79. The quantitative estimate of drug-likeness (QED) is 0.904. The van der Waals surface area contributed by atoms with E-state index in [0.717, 1.165) is 44.6 Å². The number of nitrogens with one attached hydrogen (secondary N) is 1. The van der Waals surface area contributed by atoms with Crippen molar-refractivity contribution in [3.8, 4) is 0 Å². The third-order valence-corrected chi connectivity index (χ3v) is 3.71. The Morgan fingerprint density at radius 2 is 2.11 bits per heavy atom. The molecule has 0 spiro atoms. The summed E-state index contributed by atoms with van der Waals surface area (Å²) in [4.78, 5) is 2.37. The van der Waals surface area contributed by atoms with Crippen LogP contribution in [0.1, 0.15) is 31.4 Å². The zero-order chi connectivity index (χ0) is 13.0. The van der Waals surface area contributed by atoms with Crippen LogP contribution < -0.4 is 5.32 Å². The molecule has 0 saturated carbocycles. The van der Waals surface area contributed by atoms with Gasteiger partial charge in [0.05, 0.1) is 0 Å². The van der Waals surface area contributed by atoms with Crippen LogP contribution in [-0.2, 0) is 0 Å². The summed E-state index contributed by atoms with van der Waals surface area (Å²) >= 11 is 5.82. The molecule has 1 aliphatic heterocycles. The van der Waals surface area contributed by atoms with Crippen molar-refractivity contribution in [2.24, 2.45) is 0 Å². The molecule has 1 saturated heterocycles. The molecule has 0 amide bonds. The molecule has 1 aliphatic rings. The van der Waals surface area contributed by atoms with Gasteiger partial charge in [0.15, 0.2) is 0 Å². The van der Waals surface area contributed by atoms with Gasteiger partial charge in [0.25, 0.3) is 0 Å². The van der Waals surface area contributed by atoms with E-state index in [1.165, 1.54) is 6.07 Å². The Bertz CT molecular complexity index is 391. The highest BCUT2D eigenvalue weighted by atomic mass is 35.5. The minimum Gasteiger partial charge on any atom is -0.314 e. The average molecular weight is 271 g/mol. The summed E-state index contributed by atoms with van der Waals surface area (Å²) in [5.74, 6) is -0.181. The lowest BCUT2D eigenvalue weighted by Gasteiger charge is -2.35. The van der Waals surface area contributed by atoms with Gasteiger partial charge in [-0.05, 0) is 18.6 Å². The van der Waals surface area contributed by atoms with Crippen molar-refractivity contribution in [3.05, 3.63) is 34.6 Å². The van der Waals surface area contributed by atoms with Gasteiger partial charge in [-0.1, -0.05) is 31.0 Å². The lowest BCUT2D eigenvalue weighted by molar-refractivity contribution is 0.161. The average Bonchev–Trinajstić information content (AvgIpc) is 2.38. The van der Waals surface area contributed by atoms with E-state index in [0.29, 0.717) is 5.02 Å². The molecule has 2 nitrogen and oxygen atoms in total. The molecule has 1 aromatic rings. The first-order valence-electron chi connectivity index (χ1n) is 6.62. The lowest BCUT2D eigenvalue weighted by atomic mass is 9.99. The monoisotopic (exact) mass is 270 g/mol. The number of hydrogen-bond donors (Lipinski definition) is 1. The first-order chi connectivity index (χ1) is 8.72. The molecule has 100 valence electrons. The smallest absolute Gasteiger partial charge is 0.129 e. The second-order valence-electron chi connectivity index (χ2n) is 4.76.